The minimum atomic E-state index is -0.342. The maximum absolute atomic E-state index is 13.7. The Morgan fingerprint density at radius 2 is 1.96 bits per heavy atom. The molecule has 0 aliphatic rings. The van der Waals surface area contributed by atoms with Crippen LogP contribution in [0.2, 0.25) is 0 Å². The maximum Gasteiger partial charge on any atom is 0.191 e. The van der Waals surface area contributed by atoms with Crippen molar-refractivity contribution in [3.05, 3.63) is 70.5 Å². The molecule has 0 saturated heterocycles. The first-order chi connectivity index (χ1) is 11.1. The molecule has 0 amide bonds. The maximum atomic E-state index is 13.7. The Kier molecular flexibility index (Phi) is 5.70. The molecule has 0 aromatic heterocycles. The Morgan fingerprint density at radius 3 is 2.65 bits per heavy atom. The van der Waals surface area contributed by atoms with Crippen molar-refractivity contribution in [3.8, 4) is 6.07 Å². The Hall–Kier alpha value is -2.87. The highest BCUT2D eigenvalue weighted by Crippen LogP contribution is 2.09. The predicted molar refractivity (Wildman–Crippen MR) is 89.3 cm³/mol. The summed E-state index contributed by atoms with van der Waals surface area (Å²) in [4.78, 5) is 4.12. The van der Waals surface area contributed by atoms with Crippen molar-refractivity contribution in [1.82, 2.24) is 10.6 Å². The molecule has 0 radical (unpaired) electrons. The molecular formula is C18H19FN4. The molecule has 0 saturated carbocycles. The van der Waals surface area contributed by atoms with E-state index in [9.17, 15) is 4.39 Å². The van der Waals surface area contributed by atoms with Gasteiger partial charge in [0, 0.05) is 25.7 Å². The van der Waals surface area contributed by atoms with Crippen LogP contribution in [0.4, 0.5) is 4.39 Å². The normalized spacial score (nSPS) is 11.0. The van der Waals surface area contributed by atoms with Gasteiger partial charge in [0.2, 0.25) is 0 Å². The number of guanidine groups is 1. The van der Waals surface area contributed by atoms with Crippen LogP contribution < -0.4 is 10.6 Å². The van der Waals surface area contributed by atoms with Crippen LogP contribution in [0.1, 0.15) is 22.3 Å². The standard InChI is InChI=1S/C18H19FN4/c1-13-4-3-5-15(8-13)11-22-18(21-2)23-12-16-9-14(10-20)6-7-17(16)19/h3-9H,11-12H2,1-2H3,(H2,21,22,23). The quantitative estimate of drug-likeness (QED) is 0.674. The molecule has 0 spiro atoms. The molecule has 0 aliphatic heterocycles. The summed E-state index contributed by atoms with van der Waals surface area (Å²) in [6.45, 7) is 2.93. The average molecular weight is 310 g/mol. The van der Waals surface area contributed by atoms with Crippen molar-refractivity contribution in [2.45, 2.75) is 20.0 Å². The summed E-state index contributed by atoms with van der Waals surface area (Å²) in [5.41, 5.74) is 3.21. The van der Waals surface area contributed by atoms with Gasteiger partial charge < -0.3 is 10.6 Å². The molecule has 0 unspecified atom stereocenters. The van der Waals surface area contributed by atoms with Gasteiger partial charge >= 0.3 is 0 Å². The van der Waals surface area contributed by atoms with E-state index in [-0.39, 0.29) is 12.4 Å². The van der Waals surface area contributed by atoms with Crippen molar-refractivity contribution >= 4 is 5.96 Å². The van der Waals surface area contributed by atoms with E-state index in [1.165, 1.54) is 23.8 Å². The molecule has 4 nitrogen and oxygen atoms in total. The molecule has 23 heavy (non-hydrogen) atoms. The lowest BCUT2D eigenvalue weighted by Gasteiger charge is -2.13. The summed E-state index contributed by atoms with van der Waals surface area (Å²) in [5.74, 6) is 0.235. The second-order valence-electron chi connectivity index (χ2n) is 5.19. The lowest BCUT2D eigenvalue weighted by molar-refractivity contribution is 0.604. The first-order valence-corrected chi connectivity index (χ1v) is 7.31. The van der Waals surface area contributed by atoms with E-state index < -0.39 is 0 Å². The van der Waals surface area contributed by atoms with Gasteiger partial charge in [-0.05, 0) is 30.7 Å². The van der Waals surface area contributed by atoms with Gasteiger partial charge in [0.25, 0.3) is 0 Å². The zero-order chi connectivity index (χ0) is 16.7. The molecule has 0 bridgehead atoms. The number of nitrogens with zero attached hydrogens (tertiary/aromatic N) is 2. The number of aliphatic imine (C=N–C) groups is 1. The summed E-state index contributed by atoms with van der Waals surface area (Å²) in [5, 5.41) is 15.1. The zero-order valence-electron chi connectivity index (χ0n) is 13.2. The van der Waals surface area contributed by atoms with Crippen LogP contribution in [-0.2, 0) is 13.1 Å². The van der Waals surface area contributed by atoms with Gasteiger partial charge in [-0.15, -0.1) is 0 Å². The summed E-state index contributed by atoms with van der Waals surface area (Å²) >= 11 is 0. The summed E-state index contributed by atoms with van der Waals surface area (Å²) in [6.07, 6.45) is 0. The molecule has 2 aromatic carbocycles. The fourth-order valence-electron chi connectivity index (χ4n) is 2.19. The smallest absolute Gasteiger partial charge is 0.191 e. The summed E-state index contributed by atoms with van der Waals surface area (Å²) in [7, 11) is 1.66. The summed E-state index contributed by atoms with van der Waals surface area (Å²) < 4.78 is 13.7. The van der Waals surface area contributed by atoms with Crippen molar-refractivity contribution in [2.75, 3.05) is 7.05 Å². The van der Waals surface area contributed by atoms with Gasteiger partial charge in [0.15, 0.2) is 5.96 Å². The van der Waals surface area contributed by atoms with Crippen molar-refractivity contribution < 1.29 is 4.39 Å². The first-order valence-electron chi connectivity index (χ1n) is 7.31. The van der Waals surface area contributed by atoms with Gasteiger partial charge in [-0.1, -0.05) is 29.8 Å². The zero-order valence-corrected chi connectivity index (χ0v) is 13.2. The van der Waals surface area contributed by atoms with E-state index in [0.29, 0.717) is 23.6 Å². The molecule has 2 aromatic rings. The van der Waals surface area contributed by atoms with Crippen molar-refractivity contribution in [3.63, 3.8) is 0 Å². The minimum Gasteiger partial charge on any atom is -0.352 e. The third-order valence-corrected chi connectivity index (χ3v) is 3.39. The molecule has 2 N–H and O–H groups in total. The number of nitriles is 1. The van der Waals surface area contributed by atoms with Gasteiger partial charge in [0.1, 0.15) is 5.82 Å². The fourth-order valence-corrected chi connectivity index (χ4v) is 2.19. The van der Waals surface area contributed by atoms with Crippen LogP contribution in [0.15, 0.2) is 47.5 Å². The third-order valence-electron chi connectivity index (χ3n) is 3.39. The van der Waals surface area contributed by atoms with E-state index in [1.54, 1.807) is 7.05 Å². The van der Waals surface area contributed by atoms with E-state index in [2.05, 4.69) is 21.7 Å². The van der Waals surface area contributed by atoms with Gasteiger partial charge in [-0.3, -0.25) is 4.99 Å². The van der Waals surface area contributed by atoms with Crippen LogP contribution in [0, 0.1) is 24.1 Å². The second kappa shape index (κ2) is 7.95. The van der Waals surface area contributed by atoms with Gasteiger partial charge in [0.05, 0.1) is 11.6 Å². The molecule has 0 heterocycles. The van der Waals surface area contributed by atoms with Crippen molar-refractivity contribution in [1.29, 1.82) is 5.26 Å². The number of benzene rings is 2. The van der Waals surface area contributed by atoms with E-state index in [0.717, 1.165) is 5.56 Å². The molecule has 2 rings (SSSR count). The highest BCUT2D eigenvalue weighted by molar-refractivity contribution is 5.79. The number of rotatable bonds is 4. The number of hydrogen-bond acceptors (Lipinski definition) is 2. The van der Waals surface area contributed by atoms with E-state index in [4.69, 9.17) is 5.26 Å². The van der Waals surface area contributed by atoms with E-state index >= 15 is 0 Å². The van der Waals surface area contributed by atoms with Crippen molar-refractivity contribution in [2.24, 2.45) is 4.99 Å². The topological polar surface area (TPSA) is 60.2 Å². The van der Waals surface area contributed by atoms with Gasteiger partial charge in [-0.25, -0.2) is 4.39 Å². The Morgan fingerprint density at radius 1 is 1.17 bits per heavy atom. The van der Waals surface area contributed by atoms with E-state index in [1.807, 2.05) is 31.2 Å². The highest BCUT2D eigenvalue weighted by atomic mass is 19.1. The van der Waals surface area contributed by atoms with Crippen LogP contribution >= 0.6 is 0 Å². The Bertz CT molecular complexity index is 747. The van der Waals surface area contributed by atoms with Crippen LogP contribution in [0.3, 0.4) is 0 Å². The largest absolute Gasteiger partial charge is 0.352 e. The van der Waals surface area contributed by atoms with Crippen LogP contribution in [-0.4, -0.2) is 13.0 Å². The number of aryl methyl sites for hydroxylation is 1. The predicted octanol–water partition coefficient (Wildman–Crippen LogP) is 2.87. The third kappa shape index (κ3) is 4.82. The van der Waals surface area contributed by atoms with Crippen LogP contribution in [0.25, 0.3) is 0 Å². The average Bonchev–Trinajstić information content (AvgIpc) is 2.56. The molecule has 5 heteroatoms. The lowest BCUT2D eigenvalue weighted by Crippen LogP contribution is -2.36. The number of hydrogen-bond donors (Lipinski definition) is 2. The molecule has 118 valence electrons. The highest BCUT2D eigenvalue weighted by Gasteiger charge is 2.05. The SMILES string of the molecule is CN=C(NCc1cccc(C)c1)NCc1cc(C#N)ccc1F. The number of halogens is 1. The van der Waals surface area contributed by atoms with Gasteiger partial charge in [-0.2, -0.15) is 5.26 Å². The first kappa shape index (κ1) is 16.5. The Balaban J connectivity index is 1.94. The molecular weight excluding hydrogens is 291 g/mol. The minimum absolute atomic E-state index is 0.259. The second-order valence-corrected chi connectivity index (χ2v) is 5.19. The van der Waals surface area contributed by atoms with Crippen LogP contribution in [0.5, 0.6) is 0 Å². The lowest BCUT2D eigenvalue weighted by atomic mass is 10.1. The Labute approximate surface area is 135 Å². The molecule has 0 fully saturated rings. The molecule has 0 atom stereocenters. The monoisotopic (exact) mass is 310 g/mol. The molecule has 0 aliphatic carbocycles. The fraction of sp³-hybridized carbons (Fsp3) is 0.222. The number of nitrogens with one attached hydrogen (secondary N) is 2. The summed E-state index contributed by atoms with van der Waals surface area (Å²) in [6, 6.07) is 14.5.